The van der Waals surface area contributed by atoms with Gasteiger partial charge in [-0.3, -0.25) is 4.79 Å². The van der Waals surface area contributed by atoms with Crippen LogP contribution in [0.3, 0.4) is 0 Å². The number of amidine groups is 1. The van der Waals surface area contributed by atoms with Crippen LogP contribution >= 0.6 is 11.8 Å². The summed E-state index contributed by atoms with van der Waals surface area (Å²) in [6.07, 6.45) is 0. The number of amides is 1. The molecule has 1 aliphatic rings. The Morgan fingerprint density at radius 1 is 2.00 bits per heavy atom. The van der Waals surface area contributed by atoms with E-state index in [-0.39, 0.29) is 5.91 Å². The molecule has 0 aromatic rings. The molecule has 8 heteroatoms. The highest BCUT2D eigenvalue weighted by atomic mass is 32.3. The summed E-state index contributed by atoms with van der Waals surface area (Å²) in [5.74, 6) is -0.216. The predicted octanol–water partition coefficient (Wildman–Crippen LogP) is -1.36. The number of nitrogens with two attached hydrogens (primary N) is 1. The van der Waals surface area contributed by atoms with Crippen LogP contribution in [0.1, 0.15) is 6.92 Å². The fraction of sp³-hybridized carbons (Fsp3) is 0.500. The zero-order valence-corrected chi connectivity index (χ0v) is 7.87. The fourth-order valence-electron chi connectivity index (χ4n) is 0.573. The SMILES string of the molecule is CC(=O)NC1=NNC([S+](N)[O-])S1. The first-order valence-corrected chi connectivity index (χ1v) is 5.17. The molecule has 68 valence electrons. The second-order valence-corrected chi connectivity index (χ2v) is 4.53. The Morgan fingerprint density at radius 3 is 3.08 bits per heavy atom. The van der Waals surface area contributed by atoms with Gasteiger partial charge in [-0.2, -0.15) is 0 Å². The van der Waals surface area contributed by atoms with Gasteiger partial charge in [0.05, 0.1) is 11.4 Å². The maximum absolute atomic E-state index is 10.7. The molecule has 4 N–H and O–H groups in total. The molecule has 0 aromatic heterocycles. The van der Waals surface area contributed by atoms with Crippen molar-refractivity contribution in [3.63, 3.8) is 0 Å². The Kier molecular flexibility index (Phi) is 3.20. The lowest BCUT2D eigenvalue weighted by molar-refractivity contribution is -0.117. The number of thioether (sulfide) groups is 1. The first-order valence-electron chi connectivity index (χ1n) is 3.02. The third-order valence-corrected chi connectivity index (χ3v) is 3.11. The van der Waals surface area contributed by atoms with Crippen LogP contribution in [0.15, 0.2) is 5.10 Å². The van der Waals surface area contributed by atoms with Gasteiger partial charge in [-0.25, -0.2) is 5.43 Å². The smallest absolute Gasteiger partial charge is 0.274 e. The topological polar surface area (TPSA) is 103 Å². The van der Waals surface area contributed by atoms with Gasteiger partial charge in [0.15, 0.2) is 5.17 Å². The fourth-order valence-corrected chi connectivity index (χ4v) is 2.00. The minimum absolute atomic E-state index is 0.216. The zero-order chi connectivity index (χ0) is 9.14. The summed E-state index contributed by atoms with van der Waals surface area (Å²) in [4.78, 5) is 10.5. The van der Waals surface area contributed by atoms with Crippen molar-refractivity contribution in [2.24, 2.45) is 10.2 Å². The van der Waals surface area contributed by atoms with Gasteiger partial charge < -0.3 is 9.87 Å². The Labute approximate surface area is 76.6 Å². The van der Waals surface area contributed by atoms with E-state index in [1.54, 1.807) is 0 Å². The van der Waals surface area contributed by atoms with Crippen LogP contribution in [0.4, 0.5) is 0 Å². The normalized spacial score (nSPS) is 24.2. The Balaban J connectivity index is 2.38. The molecular weight excluding hydrogens is 200 g/mol. The molecule has 1 aliphatic heterocycles. The monoisotopic (exact) mass is 208 g/mol. The molecule has 12 heavy (non-hydrogen) atoms. The van der Waals surface area contributed by atoms with E-state index in [4.69, 9.17) is 5.14 Å². The summed E-state index contributed by atoms with van der Waals surface area (Å²) >= 11 is -0.362. The summed E-state index contributed by atoms with van der Waals surface area (Å²) in [6, 6.07) is 0. The molecule has 0 bridgehead atoms. The molecular formula is C4H8N4O2S2. The van der Waals surface area contributed by atoms with E-state index in [2.05, 4.69) is 15.8 Å². The third kappa shape index (κ3) is 2.55. The van der Waals surface area contributed by atoms with Crippen LogP contribution in [-0.2, 0) is 16.2 Å². The van der Waals surface area contributed by atoms with Crippen LogP contribution in [0.5, 0.6) is 0 Å². The predicted molar refractivity (Wildman–Crippen MR) is 48.1 cm³/mol. The lowest BCUT2D eigenvalue weighted by Crippen LogP contribution is -2.33. The number of carbonyl (C=O) groups excluding carboxylic acids is 1. The Morgan fingerprint density at radius 2 is 2.67 bits per heavy atom. The van der Waals surface area contributed by atoms with Gasteiger partial charge in [0.1, 0.15) is 0 Å². The number of hydrogen-bond donors (Lipinski definition) is 3. The van der Waals surface area contributed by atoms with Crippen LogP contribution in [0, 0.1) is 0 Å². The number of rotatable bonds is 1. The van der Waals surface area contributed by atoms with Crippen molar-refractivity contribution in [3.05, 3.63) is 0 Å². The van der Waals surface area contributed by atoms with E-state index in [0.717, 1.165) is 11.8 Å². The highest BCUT2D eigenvalue weighted by Gasteiger charge is 2.28. The number of nitrogens with zero attached hydrogens (tertiary/aromatic N) is 1. The first-order chi connectivity index (χ1) is 5.59. The highest BCUT2D eigenvalue weighted by Crippen LogP contribution is 2.18. The van der Waals surface area contributed by atoms with Crippen LogP contribution in [-0.4, -0.2) is 20.3 Å². The molecule has 0 aliphatic carbocycles. The van der Waals surface area contributed by atoms with Crippen molar-refractivity contribution in [2.45, 2.75) is 11.6 Å². The van der Waals surface area contributed by atoms with E-state index in [9.17, 15) is 9.35 Å². The van der Waals surface area contributed by atoms with E-state index in [0.29, 0.717) is 5.17 Å². The summed E-state index contributed by atoms with van der Waals surface area (Å²) in [6.45, 7) is 1.37. The van der Waals surface area contributed by atoms with Crippen molar-refractivity contribution in [3.8, 4) is 0 Å². The zero-order valence-electron chi connectivity index (χ0n) is 6.23. The van der Waals surface area contributed by atoms with Crippen molar-refractivity contribution >= 4 is 34.2 Å². The molecule has 0 saturated carbocycles. The summed E-state index contributed by atoms with van der Waals surface area (Å²) in [5.41, 5.74) is 2.52. The molecule has 2 atom stereocenters. The molecule has 0 fully saturated rings. The Bertz CT molecular complexity index is 219. The molecule has 2 unspecified atom stereocenters. The number of hydrogen-bond acceptors (Lipinski definition) is 6. The van der Waals surface area contributed by atoms with E-state index in [1.165, 1.54) is 6.92 Å². The van der Waals surface area contributed by atoms with Gasteiger partial charge in [-0.05, 0) is 11.8 Å². The van der Waals surface area contributed by atoms with Crippen LogP contribution < -0.4 is 15.9 Å². The molecule has 1 amide bonds. The van der Waals surface area contributed by atoms with E-state index in [1.807, 2.05) is 0 Å². The van der Waals surface area contributed by atoms with Gasteiger partial charge in [0.2, 0.25) is 5.91 Å². The average molecular weight is 208 g/mol. The van der Waals surface area contributed by atoms with Crippen molar-refractivity contribution in [1.29, 1.82) is 0 Å². The molecule has 0 saturated heterocycles. The molecule has 0 spiro atoms. The molecule has 0 aromatic carbocycles. The van der Waals surface area contributed by atoms with Gasteiger partial charge in [0, 0.05) is 6.92 Å². The summed E-state index contributed by atoms with van der Waals surface area (Å²) in [7, 11) is 0. The molecule has 0 radical (unpaired) electrons. The molecule has 6 nitrogen and oxygen atoms in total. The van der Waals surface area contributed by atoms with Gasteiger partial charge >= 0.3 is 0 Å². The van der Waals surface area contributed by atoms with Crippen LogP contribution in [0.25, 0.3) is 0 Å². The summed E-state index contributed by atoms with van der Waals surface area (Å²) in [5, 5.41) is 11.6. The second kappa shape index (κ2) is 3.99. The number of nitrogens with one attached hydrogen (secondary N) is 2. The quantitative estimate of drug-likeness (QED) is 0.462. The minimum Gasteiger partial charge on any atom is -0.596 e. The van der Waals surface area contributed by atoms with Crippen molar-refractivity contribution in [1.82, 2.24) is 10.7 Å². The van der Waals surface area contributed by atoms with Crippen molar-refractivity contribution in [2.75, 3.05) is 0 Å². The van der Waals surface area contributed by atoms with Crippen LogP contribution in [0.2, 0.25) is 0 Å². The lowest BCUT2D eigenvalue weighted by atomic mass is 10.7. The standard InChI is InChI=1S/C4H8N4O2S2/c1-2(9)6-3-7-8-4(11-3)12(5)10/h4,8H,5H2,1H3,(H,6,7,9). The third-order valence-electron chi connectivity index (χ3n) is 0.984. The average Bonchev–Trinajstić information content (AvgIpc) is 2.34. The van der Waals surface area contributed by atoms with Crippen molar-refractivity contribution < 1.29 is 9.35 Å². The highest BCUT2D eigenvalue weighted by molar-refractivity contribution is 8.22. The van der Waals surface area contributed by atoms with E-state index >= 15 is 0 Å². The van der Waals surface area contributed by atoms with Gasteiger partial charge in [0.25, 0.3) is 4.71 Å². The maximum Gasteiger partial charge on any atom is 0.274 e. The largest absolute Gasteiger partial charge is 0.596 e. The second-order valence-electron chi connectivity index (χ2n) is 2.01. The Hall–Kier alpha value is -0.440. The molecule has 1 rings (SSSR count). The summed E-state index contributed by atoms with van der Waals surface area (Å²) < 4.78 is 10.2. The number of carbonyl (C=O) groups is 1. The first kappa shape index (κ1) is 9.65. The van der Waals surface area contributed by atoms with Gasteiger partial charge in [-0.15, -0.1) is 10.2 Å². The maximum atomic E-state index is 10.7. The molecule has 1 heterocycles. The lowest BCUT2D eigenvalue weighted by Gasteiger charge is -2.08. The number of hydrazone groups is 1. The minimum atomic E-state index is -1.49. The van der Waals surface area contributed by atoms with E-state index < -0.39 is 16.1 Å². The van der Waals surface area contributed by atoms with Gasteiger partial charge in [-0.1, -0.05) is 0 Å².